The second-order valence-electron chi connectivity index (χ2n) is 5.93. The Labute approximate surface area is 134 Å². The van der Waals surface area contributed by atoms with E-state index in [9.17, 15) is 0 Å². The fourth-order valence-electron chi connectivity index (χ4n) is 3.08. The summed E-state index contributed by atoms with van der Waals surface area (Å²) in [5, 5.41) is 3.43. The van der Waals surface area contributed by atoms with Gasteiger partial charge in [-0.15, -0.1) is 0 Å². The molecule has 2 aromatic carbocycles. The predicted molar refractivity (Wildman–Crippen MR) is 89.7 cm³/mol. The van der Waals surface area contributed by atoms with Gasteiger partial charge >= 0.3 is 0 Å². The van der Waals surface area contributed by atoms with E-state index in [-0.39, 0.29) is 11.6 Å². The summed E-state index contributed by atoms with van der Waals surface area (Å²) in [7, 11) is 2.01. The van der Waals surface area contributed by atoms with Crippen molar-refractivity contribution in [1.29, 1.82) is 0 Å². The molecule has 1 aliphatic rings. The average Bonchev–Trinajstić information content (AvgIpc) is 2.47. The number of benzene rings is 2. The lowest BCUT2D eigenvalue weighted by Crippen LogP contribution is -2.39. The van der Waals surface area contributed by atoms with Crippen LogP contribution in [0.5, 0.6) is 5.75 Å². The first-order valence-electron chi connectivity index (χ1n) is 7.25. The number of rotatable bonds is 2. The Morgan fingerprint density at radius 3 is 2.76 bits per heavy atom. The van der Waals surface area contributed by atoms with E-state index in [0.717, 1.165) is 16.6 Å². The first-order chi connectivity index (χ1) is 10.0. The van der Waals surface area contributed by atoms with E-state index < -0.39 is 0 Å². The zero-order chi connectivity index (χ0) is 15.0. The molecule has 1 N–H and O–H groups in total. The van der Waals surface area contributed by atoms with Gasteiger partial charge in [-0.25, -0.2) is 0 Å². The molecular weight excluding hydrogens is 326 g/mol. The zero-order valence-electron chi connectivity index (χ0n) is 12.6. The molecule has 3 rings (SSSR count). The van der Waals surface area contributed by atoms with Crippen molar-refractivity contribution >= 4 is 15.9 Å². The molecule has 3 heteroatoms. The summed E-state index contributed by atoms with van der Waals surface area (Å²) >= 11 is 3.55. The van der Waals surface area contributed by atoms with Crippen LogP contribution in [0.15, 0.2) is 46.9 Å². The highest BCUT2D eigenvalue weighted by molar-refractivity contribution is 9.10. The minimum atomic E-state index is -0.305. The maximum absolute atomic E-state index is 6.39. The summed E-state index contributed by atoms with van der Waals surface area (Å²) in [4.78, 5) is 0. The van der Waals surface area contributed by atoms with Crippen LogP contribution >= 0.6 is 15.9 Å². The van der Waals surface area contributed by atoms with Crippen LogP contribution in [0.3, 0.4) is 0 Å². The number of aryl methyl sites for hydroxylation is 1. The van der Waals surface area contributed by atoms with E-state index >= 15 is 0 Å². The molecule has 0 saturated heterocycles. The van der Waals surface area contributed by atoms with Crippen molar-refractivity contribution in [2.45, 2.75) is 31.9 Å². The SMILES string of the molecule is CNC1CC(C)(c2cccc(C)c2)Oc2ccc(Br)cc21. The van der Waals surface area contributed by atoms with Gasteiger partial charge in [-0.3, -0.25) is 0 Å². The molecule has 0 radical (unpaired) electrons. The monoisotopic (exact) mass is 345 g/mol. The summed E-state index contributed by atoms with van der Waals surface area (Å²) in [6.45, 7) is 4.30. The predicted octanol–water partition coefficient (Wildman–Crippen LogP) is 4.72. The molecule has 0 saturated carbocycles. The topological polar surface area (TPSA) is 21.3 Å². The molecule has 1 heterocycles. The normalized spacial score (nSPS) is 24.3. The smallest absolute Gasteiger partial charge is 0.133 e. The van der Waals surface area contributed by atoms with Crippen molar-refractivity contribution < 1.29 is 4.74 Å². The van der Waals surface area contributed by atoms with E-state index in [1.807, 2.05) is 13.1 Å². The van der Waals surface area contributed by atoms with E-state index in [1.165, 1.54) is 16.7 Å². The molecular formula is C18H20BrNO. The molecule has 0 bridgehead atoms. The van der Waals surface area contributed by atoms with Crippen LogP contribution in [0.25, 0.3) is 0 Å². The molecule has 21 heavy (non-hydrogen) atoms. The number of nitrogens with one attached hydrogen (secondary N) is 1. The Hall–Kier alpha value is -1.32. The zero-order valence-corrected chi connectivity index (χ0v) is 14.2. The third-order valence-electron chi connectivity index (χ3n) is 4.25. The van der Waals surface area contributed by atoms with Gasteiger partial charge in [-0.2, -0.15) is 0 Å². The van der Waals surface area contributed by atoms with Crippen molar-refractivity contribution in [3.8, 4) is 5.75 Å². The lowest BCUT2D eigenvalue weighted by Gasteiger charge is -2.40. The summed E-state index contributed by atoms with van der Waals surface area (Å²) in [5.41, 5.74) is 3.41. The third-order valence-corrected chi connectivity index (χ3v) is 4.75. The maximum atomic E-state index is 6.39. The molecule has 2 nitrogen and oxygen atoms in total. The molecule has 0 amide bonds. The quantitative estimate of drug-likeness (QED) is 0.850. The summed E-state index contributed by atoms with van der Waals surface area (Å²) in [6.07, 6.45) is 0.913. The Balaban J connectivity index is 2.05. The first-order valence-corrected chi connectivity index (χ1v) is 8.04. The van der Waals surface area contributed by atoms with Crippen molar-refractivity contribution in [2.24, 2.45) is 0 Å². The van der Waals surface area contributed by atoms with E-state index in [1.54, 1.807) is 0 Å². The van der Waals surface area contributed by atoms with Crippen LogP contribution < -0.4 is 10.1 Å². The van der Waals surface area contributed by atoms with Crippen molar-refractivity contribution in [3.63, 3.8) is 0 Å². The van der Waals surface area contributed by atoms with Crippen molar-refractivity contribution in [1.82, 2.24) is 5.32 Å². The molecule has 0 fully saturated rings. The van der Waals surface area contributed by atoms with E-state index in [2.05, 4.69) is 71.5 Å². The van der Waals surface area contributed by atoms with Crippen LogP contribution in [0, 0.1) is 6.92 Å². The van der Waals surface area contributed by atoms with Gasteiger partial charge in [0.15, 0.2) is 0 Å². The van der Waals surface area contributed by atoms with Gasteiger partial charge in [0.25, 0.3) is 0 Å². The average molecular weight is 346 g/mol. The fraction of sp³-hybridized carbons (Fsp3) is 0.333. The van der Waals surface area contributed by atoms with Gasteiger partial charge in [0, 0.05) is 22.5 Å². The molecule has 2 unspecified atom stereocenters. The standard InChI is InChI=1S/C18H20BrNO/c1-12-5-4-6-13(9-12)18(2)11-16(20-3)15-10-14(19)7-8-17(15)21-18/h4-10,16,20H,11H2,1-3H3. The van der Waals surface area contributed by atoms with Gasteiger partial charge in [0.2, 0.25) is 0 Å². The lowest BCUT2D eigenvalue weighted by molar-refractivity contribution is 0.0460. The highest BCUT2D eigenvalue weighted by Gasteiger charge is 2.38. The molecule has 0 aliphatic carbocycles. The summed E-state index contributed by atoms with van der Waals surface area (Å²) < 4.78 is 7.47. The Morgan fingerprint density at radius 1 is 1.24 bits per heavy atom. The van der Waals surface area contributed by atoms with Gasteiger partial charge < -0.3 is 10.1 Å². The number of hydrogen-bond donors (Lipinski definition) is 1. The lowest BCUT2D eigenvalue weighted by atomic mass is 9.83. The van der Waals surface area contributed by atoms with Gasteiger partial charge in [0.1, 0.15) is 11.4 Å². The molecule has 2 aromatic rings. The Kier molecular flexibility index (Phi) is 3.80. The number of fused-ring (bicyclic) bond motifs is 1. The molecule has 2 atom stereocenters. The van der Waals surface area contributed by atoms with Gasteiger partial charge in [0.05, 0.1) is 0 Å². The second-order valence-corrected chi connectivity index (χ2v) is 6.85. The summed E-state index contributed by atoms with van der Waals surface area (Å²) in [5.74, 6) is 0.966. The minimum Gasteiger partial charge on any atom is -0.482 e. The molecule has 0 spiro atoms. The van der Waals surface area contributed by atoms with Crippen LogP contribution in [-0.2, 0) is 5.60 Å². The van der Waals surface area contributed by atoms with Crippen molar-refractivity contribution in [3.05, 3.63) is 63.6 Å². The number of hydrogen-bond acceptors (Lipinski definition) is 2. The van der Waals surface area contributed by atoms with Crippen molar-refractivity contribution in [2.75, 3.05) is 7.05 Å². The minimum absolute atomic E-state index is 0.289. The molecule has 1 aliphatic heterocycles. The summed E-state index contributed by atoms with van der Waals surface area (Å²) in [6, 6.07) is 15.1. The second kappa shape index (κ2) is 5.47. The van der Waals surface area contributed by atoms with Crippen LogP contribution in [-0.4, -0.2) is 7.05 Å². The number of ether oxygens (including phenoxy) is 1. The number of halogens is 1. The van der Waals surface area contributed by atoms with Crippen LogP contribution in [0.4, 0.5) is 0 Å². The van der Waals surface area contributed by atoms with Gasteiger partial charge in [-0.05, 0) is 44.7 Å². The Bertz CT molecular complexity index is 670. The first kappa shape index (κ1) is 14.6. The van der Waals surface area contributed by atoms with Gasteiger partial charge in [-0.1, -0.05) is 45.8 Å². The largest absolute Gasteiger partial charge is 0.482 e. The van der Waals surface area contributed by atoms with Crippen LogP contribution in [0.2, 0.25) is 0 Å². The Morgan fingerprint density at radius 2 is 2.05 bits per heavy atom. The highest BCUT2D eigenvalue weighted by atomic mass is 79.9. The van der Waals surface area contributed by atoms with E-state index in [4.69, 9.17) is 4.74 Å². The maximum Gasteiger partial charge on any atom is 0.133 e. The molecule has 110 valence electrons. The fourth-order valence-corrected chi connectivity index (χ4v) is 3.46. The van der Waals surface area contributed by atoms with Crippen LogP contribution in [0.1, 0.15) is 36.1 Å². The highest BCUT2D eigenvalue weighted by Crippen LogP contribution is 2.45. The molecule has 0 aromatic heterocycles. The van der Waals surface area contributed by atoms with E-state index in [0.29, 0.717) is 0 Å². The third kappa shape index (κ3) is 2.72.